The maximum Gasteiger partial charge on any atom is 0.285 e. The molecule has 0 aromatic carbocycles. The van der Waals surface area contributed by atoms with E-state index in [2.05, 4.69) is 25.2 Å². The van der Waals surface area contributed by atoms with Crippen LogP contribution in [0.4, 0.5) is 5.69 Å². The molecule has 2 fully saturated rings. The van der Waals surface area contributed by atoms with Crippen LogP contribution in [-0.2, 0) is 4.79 Å². The van der Waals surface area contributed by atoms with Crippen molar-refractivity contribution in [2.75, 3.05) is 37.6 Å². The van der Waals surface area contributed by atoms with Gasteiger partial charge in [0, 0.05) is 56.7 Å². The predicted molar refractivity (Wildman–Crippen MR) is 150 cm³/mol. The number of nitrogens with one attached hydrogen (secondary N) is 1. The normalized spacial score (nSPS) is 20.9. The van der Waals surface area contributed by atoms with Gasteiger partial charge in [-0.05, 0) is 23.3 Å². The van der Waals surface area contributed by atoms with Crippen LogP contribution in [0.25, 0.3) is 11.1 Å². The van der Waals surface area contributed by atoms with Crippen molar-refractivity contribution in [1.29, 1.82) is 0 Å². The average Bonchev–Trinajstić information content (AvgIpc) is 3.62. The van der Waals surface area contributed by atoms with Crippen LogP contribution in [0, 0.1) is 0 Å². The van der Waals surface area contributed by atoms with Crippen LogP contribution in [0.1, 0.15) is 12.8 Å². The van der Waals surface area contributed by atoms with Gasteiger partial charge in [0.05, 0.1) is 30.7 Å². The molecule has 11 nitrogen and oxygen atoms in total. The Kier molecular flexibility index (Phi) is 7.40. The van der Waals surface area contributed by atoms with E-state index in [1.807, 2.05) is 34.1 Å². The van der Waals surface area contributed by atoms with Gasteiger partial charge in [0.25, 0.3) is 5.56 Å². The zero-order chi connectivity index (χ0) is 27.6. The highest BCUT2D eigenvalue weighted by Gasteiger charge is 2.30. The van der Waals surface area contributed by atoms with Gasteiger partial charge in [0.2, 0.25) is 11.8 Å². The van der Waals surface area contributed by atoms with Crippen molar-refractivity contribution < 1.29 is 14.3 Å². The molecular formula is C27H25Cl2N7O4. The van der Waals surface area contributed by atoms with Crippen LogP contribution >= 0.6 is 23.2 Å². The number of pyridine rings is 2. The van der Waals surface area contributed by atoms with Crippen molar-refractivity contribution in [1.82, 2.24) is 25.1 Å². The van der Waals surface area contributed by atoms with Gasteiger partial charge in [0.15, 0.2) is 5.78 Å². The van der Waals surface area contributed by atoms with E-state index >= 15 is 0 Å². The van der Waals surface area contributed by atoms with E-state index in [0.29, 0.717) is 49.3 Å². The highest BCUT2D eigenvalue weighted by atomic mass is 35.5. The van der Waals surface area contributed by atoms with E-state index < -0.39 is 5.56 Å². The first-order chi connectivity index (χ1) is 19.4. The summed E-state index contributed by atoms with van der Waals surface area (Å²) < 4.78 is 12.4. The summed E-state index contributed by atoms with van der Waals surface area (Å²) in [4.78, 5) is 40.6. The number of hydrogen-bond donors (Lipinski definition) is 1. The van der Waals surface area contributed by atoms with Gasteiger partial charge in [-0.1, -0.05) is 23.2 Å². The summed E-state index contributed by atoms with van der Waals surface area (Å²) in [5.41, 5.74) is 2.65. The zero-order valence-electron chi connectivity index (χ0n) is 21.3. The van der Waals surface area contributed by atoms with Crippen molar-refractivity contribution in [2.45, 2.75) is 25.0 Å². The van der Waals surface area contributed by atoms with Gasteiger partial charge in [-0.25, -0.2) is 15.1 Å². The molecule has 40 heavy (non-hydrogen) atoms. The van der Waals surface area contributed by atoms with Crippen molar-refractivity contribution in [2.24, 2.45) is 4.99 Å². The number of carbonyl (C=O) groups is 1. The Balaban J connectivity index is 1.10. The Morgan fingerprint density at radius 1 is 0.900 bits per heavy atom. The largest absolute Gasteiger partial charge is 0.472 e. The van der Waals surface area contributed by atoms with Gasteiger partial charge in [-0.3, -0.25) is 14.6 Å². The van der Waals surface area contributed by atoms with Crippen LogP contribution in [0.5, 0.6) is 11.8 Å². The van der Waals surface area contributed by atoms with Crippen molar-refractivity contribution in [3.05, 3.63) is 69.0 Å². The molecule has 0 spiro atoms. The second-order valence-electron chi connectivity index (χ2n) is 9.71. The predicted octanol–water partition coefficient (Wildman–Crippen LogP) is 3.10. The number of H-pyrrole nitrogens is 1. The van der Waals surface area contributed by atoms with Gasteiger partial charge < -0.3 is 19.3 Å². The third-order valence-corrected chi connectivity index (χ3v) is 7.81. The molecule has 2 saturated heterocycles. The minimum absolute atomic E-state index is 0.0935. The lowest BCUT2D eigenvalue weighted by Gasteiger charge is -2.22. The molecule has 3 aromatic rings. The van der Waals surface area contributed by atoms with E-state index in [1.54, 1.807) is 24.8 Å². The minimum atomic E-state index is -0.416. The number of carbonyl (C=O) groups excluding carboxylic acids is 1. The second-order valence-corrected chi connectivity index (χ2v) is 10.5. The van der Waals surface area contributed by atoms with E-state index in [9.17, 15) is 9.59 Å². The number of aromatic nitrogens is 4. The number of Topliss-reactive ketones (excluding diaryl/α,β-unsaturated/α-hetero) is 1. The molecule has 0 unspecified atom stereocenters. The second kappa shape index (κ2) is 11.3. The number of anilines is 1. The van der Waals surface area contributed by atoms with Crippen LogP contribution in [0.15, 0.2) is 63.4 Å². The zero-order valence-corrected chi connectivity index (χ0v) is 22.8. The fourth-order valence-corrected chi connectivity index (χ4v) is 5.47. The Hall–Kier alpha value is -3.96. The number of dihydropyridines is 1. The smallest absolute Gasteiger partial charge is 0.285 e. The first kappa shape index (κ1) is 26.3. The van der Waals surface area contributed by atoms with Crippen LogP contribution in [0.2, 0.25) is 5.02 Å². The van der Waals surface area contributed by atoms with Gasteiger partial charge >= 0.3 is 0 Å². The molecule has 0 amide bonds. The Bertz CT molecular complexity index is 1560. The van der Waals surface area contributed by atoms with Crippen molar-refractivity contribution >= 4 is 40.9 Å². The third kappa shape index (κ3) is 5.52. The molecule has 1 N–H and O–H groups in total. The van der Waals surface area contributed by atoms with Crippen molar-refractivity contribution in [3.8, 4) is 22.9 Å². The van der Waals surface area contributed by atoms with E-state index in [-0.39, 0.29) is 34.6 Å². The Labute approximate surface area is 239 Å². The molecule has 0 saturated carbocycles. The van der Waals surface area contributed by atoms with Crippen molar-refractivity contribution in [3.63, 3.8) is 0 Å². The molecule has 0 bridgehead atoms. The van der Waals surface area contributed by atoms with Crippen LogP contribution < -0.4 is 19.9 Å². The molecule has 6 heterocycles. The van der Waals surface area contributed by atoms with Crippen LogP contribution in [-0.4, -0.2) is 82.0 Å². The maximum atomic E-state index is 11.9. The highest BCUT2D eigenvalue weighted by Crippen LogP contribution is 2.30. The number of aromatic amines is 1. The quantitative estimate of drug-likeness (QED) is 0.447. The summed E-state index contributed by atoms with van der Waals surface area (Å²) in [6.45, 7) is 2.63. The standard InChI is InChI=1S/C27H25Cl2N7O4/c28-25-20(11-30-13-22(25)37)35-7-3-18(14-35)39-23-9-16(1-5-31-23)17-2-6-32-24(10-17)40-19-4-8-36(15-19)21-12-33-34-27(38)26(21)29/h1-2,5-6,9-12,18-19H,3-4,7-8,13-15H2,(H,34,38)/t18-,19-/m1/s1. The molecule has 2 atom stereocenters. The Morgan fingerprint density at radius 2 is 1.52 bits per heavy atom. The molecule has 3 aliphatic rings. The molecule has 3 aromatic heterocycles. The summed E-state index contributed by atoms with van der Waals surface area (Å²) in [5, 5.41) is 6.54. The number of allylic oxidation sites excluding steroid dienone is 1. The number of ketones is 1. The monoisotopic (exact) mass is 581 g/mol. The number of halogens is 2. The van der Waals surface area contributed by atoms with E-state index in [4.69, 9.17) is 32.7 Å². The molecular weight excluding hydrogens is 557 g/mol. The summed E-state index contributed by atoms with van der Waals surface area (Å²) >= 11 is 12.4. The lowest BCUT2D eigenvalue weighted by Crippen LogP contribution is -2.28. The first-order valence-electron chi connectivity index (χ1n) is 12.9. The van der Waals surface area contributed by atoms with Gasteiger partial charge in [-0.2, -0.15) is 5.10 Å². The number of hydrogen-bond acceptors (Lipinski definition) is 10. The number of aliphatic imine (C=N–C) groups is 1. The minimum Gasteiger partial charge on any atom is -0.472 e. The van der Waals surface area contributed by atoms with E-state index in [0.717, 1.165) is 24.0 Å². The summed E-state index contributed by atoms with van der Waals surface area (Å²) in [5.74, 6) is 0.837. The number of rotatable bonds is 7. The molecule has 13 heteroatoms. The SMILES string of the molecule is O=C1CN=CC(N2CC[C@@H](Oc3cc(-c4ccnc(O[C@@H]5CCN(c6cn[nH]c(=O)c6Cl)C5)c4)ccn3)C2)=C1Cl. The van der Waals surface area contributed by atoms with Crippen LogP contribution in [0.3, 0.4) is 0 Å². The van der Waals surface area contributed by atoms with Gasteiger partial charge in [0.1, 0.15) is 28.8 Å². The molecule has 0 radical (unpaired) electrons. The summed E-state index contributed by atoms with van der Waals surface area (Å²) in [6, 6.07) is 7.58. The van der Waals surface area contributed by atoms with E-state index in [1.165, 1.54) is 0 Å². The lowest BCUT2D eigenvalue weighted by molar-refractivity contribution is -0.113. The summed E-state index contributed by atoms with van der Waals surface area (Å²) in [7, 11) is 0. The average molecular weight is 582 g/mol. The fraction of sp³-hybridized carbons (Fsp3) is 0.333. The highest BCUT2D eigenvalue weighted by molar-refractivity contribution is 6.44. The Morgan fingerprint density at radius 3 is 2.20 bits per heavy atom. The third-order valence-electron chi connectivity index (χ3n) is 7.04. The first-order valence-corrected chi connectivity index (χ1v) is 13.6. The maximum absolute atomic E-state index is 11.9. The number of likely N-dealkylation sites (tertiary alicyclic amines) is 1. The molecule has 206 valence electrons. The number of ether oxygens (including phenoxy) is 2. The molecule has 0 aliphatic carbocycles. The van der Waals surface area contributed by atoms with Gasteiger partial charge in [-0.15, -0.1) is 0 Å². The number of nitrogens with zero attached hydrogens (tertiary/aromatic N) is 6. The topological polar surface area (TPSA) is 126 Å². The molecule has 3 aliphatic heterocycles. The lowest BCUT2D eigenvalue weighted by atomic mass is 10.1. The fourth-order valence-electron chi connectivity index (χ4n) is 5.03. The summed E-state index contributed by atoms with van der Waals surface area (Å²) in [6.07, 6.45) is 7.92. The molecule has 6 rings (SSSR count).